The van der Waals surface area contributed by atoms with E-state index in [1.165, 1.54) is 100 Å². The Hall–Kier alpha value is -8.00. The largest absolute Gasteiger partial charge is 0.311 e. The Morgan fingerprint density at radius 3 is 1.23 bits per heavy atom. The van der Waals surface area contributed by atoms with Gasteiger partial charge in [-0.05, 0) is 143 Å². The summed E-state index contributed by atoms with van der Waals surface area (Å²) in [4.78, 5) is 2.39. The van der Waals surface area contributed by atoms with Crippen LogP contribution in [0, 0.1) is 0 Å². The Balaban J connectivity index is 0.906. The second-order valence-electron chi connectivity index (χ2n) is 18.4. The van der Waals surface area contributed by atoms with Crippen molar-refractivity contribution in [2.45, 2.75) is 24.7 Å². The number of anilines is 3. The lowest BCUT2D eigenvalue weighted by atomic mass is 9.70. The maximum absolute atomic E-state index is 2.41. The molecule has 13 rings (SSSR count). The lowest BCUT2D eigenvalue weighted by molar-refractivity contribution is 0.660. The molecule has 3 aliphatic rings. The average Bonchev–Trinajstić information content (AvgIpc) is 3.93. The third-order valence-electron chi connectivity index (χ3n) is 14.7. The van der Waals surface area contributed by atoms with Crippen molar-refractivity contribution < 1.29 is 0 Å². The molecule has 1 nitrogen and oxygen atoms in total. The Morgan fingerprint density at radius 2 is 0.646 bits per heavy atom. The molecule has 0 N–H and O–H groups in total. The molecule has 0 radical (unpaired) electrons. The standard InChI is InChI=1S/C64H45N/c1-63(2)56-22-10-6-17-51(56)54-40-33-46(41-61(54)63)44-29-36-48(37-30-44)65(47-34-27-43(28-35-47)42-15-4-3-5-16-42)49-38-31-45(32-39-49)50-21-14-26-60-62(50)55-20-9-13-25-59(55)64(60)57-23-11-7-18-52(57)53-19-8-12-24-58(53)64/h3-41H,1-2H3. The fourth-order valence-electron chi connectivity index (χ4n) is 11.7. The van der Waals surface area contributed by atoms with Gasteiger partial charge in [0.25, 0.3) is 0 Å². The number of nitrogens with zero attached hydrogens (tertiary/aromatic N) is 1. The lowest BCUT2D eigenvalue weighted by Gasteiger charge is -2.30. The number of hydrogen-bond acceptors (Lipinski definition) is 1. The van der Waals surface area contributed by atoms with Gasteiger partial charge in [0.2, 0.25) is 0 Å². The van der Waals surface area contributed by atoms with Crippen LogP contribution in [0.15, 0.2) is 237 Å². The molecule has 10 aromatic rings. The molecule has 10 aromatic carbocycles. The van der Waals surface area contributed by atoms with Gasteiger partial charge in [-0.15, -0.1) is 0 Å². The summed E-state index contributed by atoms with van der Waals surface area (Å²) in [6.07, 6.45) is 0. The highest BCUT2D eigenvalue weighted by Gasteiger charge is 2.52. The van der Waals surface area contributed by atoms with Crippen LogP contribution in [-0.4, -0.2) is 0 Å². The molecule has 0 amide bonds. The van der Waals surface area contributed by atoms with Crippen LogP contribution in [-0.2, 0) is 10.8 Å². The van der Waals surface area contributed by atoms with Crippen molar-refractivity contribution >= 4 is 17.1 Å². The number of fused-ring (bicyclic) bond motifs is 13. The molecule has 0 fully saturated rings. The molecule has 0 bridgehead atoms. The first-order chi connectivity index (χ1) is 32.0. The Bertz CT molecular complexity index is 3440. The Kier molecular flexibility index (Phi) is 8.24. The fraction of sp³-hybridized carbons (Fsp3) is 0.0625. The third kappa shape index (κ3) is 5.46. The van der Waals surface area contributed by atoms with Gasteiger partial charge in [-0.2, -0.15) is 0 Å². The van der Waals surface area contributed by atoms with E-state index in [0.717, 1.165) is 17.1 Å². The molecule has 3 aliphatic carbocycles. The normalized spacial score (nSPS) is 13.9. The van der Waals surface area contributed by atoms with Crippen LogP contribution >= 0.6 is 0 Å². The second-order valence-corrected chi connectivity index (χ2v) is 18.4. The van der Waals surface area contributed by atoms with E-state index in [1.807, 2.05) is 0 Å². The zero-order chi connectivity index (χ0) is 43.3. The topological polar surface area (TPSA) is 3.24 Å². The molecule has 306 valence electrons. The minimum atomic E-state index is -0.370. The molecule has 1 spiro atoms. The van der Waals surface area contributed by atoms with Crippen LogP contribution in [0.25, 0.3) is 66.8 Å². The minimum absolute atomic E-state index is 0.0469. The van der Waals surface area contributed by atoms with Crippen LogP contribution in [0.1, 0.15) is 47.2 Å². The summed E-state index contributed by atoms with van der Waals surface area (Å²) >= 11 is 0. The zero-order valence-corrected chi connectivity index (χ0v) is 36.5. The minimum Gasteiger partial charge on any atom is -0.311 e. The van der Waals surface area contributed by atoms with Gasteiger partial charge < -0.3 is 4.90 Å². The van der Waals surface area contributed by atoms with Crippen LogP contribution in [0.2, 0.25) is 0 Å². The van der Waals surface area contributed by atoms with Gasteiger partial charge in [0.1, 0.15) is 0 Å². The molecule has 65 heavy (non-hydrogen) atoms. The maximum Gasteiger partial charge on any atom is 0.0725 e. The number of benzene rings is 10. The van der Waals surface area contributed by atoms with E-state index in [9.17, 15) is 0 Å². The molecule has 0 aliphatic heterocycles. The first kappa shape index (κ1) is 37.5. The highest BCUT2D eigenvalue weighted by molar-refractivity contribution is 6.00. The van der Waals surface area contributed by atoms with Crippen molar-refractivity contribution in [3.63, 3.8) is 0 Å². The summed E-state index contributed by atoms with van der Waals surface area (Å²) in [5.41, 5.74) is 26.4. The molecule has 0 saturated carbocycles. The zero-order valence-electron chi connectivity index (χ0n) is 36.5. The molecule has 0 atom stereocenters. The van der Waals surface area contributed by atoms with Gasteiger partial charge in [0.05, 0.1) is 5.41 Å². The van der Waals surface area contributed by atoms with Crippen molar-refractivity contribution in [3.8, 4) is 66.8 Å². The highest BCUT2D eigenvalue weighted by atomic mass is 15.1. The molecule has 0 aromatic heterocycles. The summed E-state index contributed by atoms with van der Waals surface area (Å²) in [7, 11) is 0. The van der Waals surface area contributed by atoms with Crippen molar-refractivity contribution in [1.29, 1.82) is 0 Å². The highest BCUT2D eigenvalue weighted by Crippen LogP contribution is 2.64. The summed E-state index contributed by atoms with van der Waals surface area (Å²) in [5.74, 6) is 0. The van der Waals surface area contributed by atoms with Crippen molar-refractivity contribution in [2.24, 2.45) is 0 Å². The van der Waals surface area contributed by atoms with Crippen molar-refractivity contribution in [1.82, 2.24) is 0 Å². The summed E-state index contributed by atoms with van der Waals surface area (Å²) in [6, 6.07) is 88.0. The smallest absolute Gasteiger partial charge is 0.0725 e. The maximum atomic E-state index is 2.41. The van der Waals surface area contributed by atoms with E-state index in [1.54, 1.807) is 0 Å². The van der Waals surface area contributed by atoms with E-state index >= 15 is 0 Å². The SMILES string of the molecule is CC1(C)c2ccccc2-c2ccc(-c3ccc(N(c4ccc(-c5ccccc5)cc4)c4ccc(-c5cccc6c5-c5ccccc5C65c6ccccc6-c6ccccc65)cc4)cc3)cc21. The van der Waals surface area contributed by atoms with Crippen molar-refractivity contribution in [3.05, 3.63) is 270 Å². The van der Waals surface area contributed by atoms with Gasteiger partial charge in [-0.1, -0.05) is 208 Å². The number of rotatable bonds is 6. The first-order valence-corrected chi connectivity index (χ1v) is 22.8. The summed E-state index contributed by atoms with van der Waals surface area (Å²) in [6.45, 7) is 4.70. The van der Waals surface area contributed by atoms with Crippen LogP contribution in [0.4, 0.5) is 17.1 Å². The van der Waals surface area contributed by atoms with E-state index < -0.39 is 0 Å². The quantitative estimate of drug-likeness (QED) is 0.161. The average molecular weight is 828 g/mol. The lowest BCUT2D eigenvalue weighted by Crippen LogP contribution is -2.25. The monoisotopic (exact) mass is 827 g/mol. The van der Waals surface area contributed by atoms with Crippen LogP contribution in [0.3, 0.4) is 0 Å². The second kappa shape index (κ2) is 14.3. The van der Waals surface area contributed by atoms with E-state index in [-0.39, 0.29) is 10.8 Å². The first-order valence-electron chi connectivity index (χ1n) is 22.8. The summed E-state index contributed by atoms with van der Waals surface area (Å²) in [5, 5.41) is 0. The molecule has 0 unspecified atom stereocenters. The molecule has 1 heteroatoms. The van der Waals surface area contributed by atoms with E-state index in [0.29, 0.717) is 0 Å². The van der Waals surface area contributed by atoms with Gasteiger partial charge in [0, 0.05) is 22.5 Å². The molecule has 0 heterocycles. The molecular formula is C64H45N. The van der Waals surface area contributed by atoms with Gasteiger partial charge in [0.15, 0.2) is 0 Å². The molecule has 0 saturated heterocycles. The summed E-state index contributed by atoms with van der Waals surface area (Å²) < 4.78 is 0. The predicted molar refractivity (Wildman–Crippen MR) is 271 cm³/mol. The Labute approximate surface area is 381 Å². The fourth-order valence-corrected chi connectivity index (χ4v) is 11.7. The number of hydrogen-bond donors (Lipinski definition) is 0. The van der Waals surface area contributed by atoms with Gasteiger partial charge >= 0.3 is 0 Å². The van der Waals surface area contributed by atoms with Crippen LogP contribution < -0.4 is 4.90 Å². The van der Waals surface area contributed by atoms with E-state index in [4.69, 9.17) is 0 Å². The third-order valence-corrected chi connectivity index (χ3v) is 14.7. The van der Waals surface area contributed by atoms with Gasteiger partial charge in [-0.3, -0.25) is 0 Å². The van der Waals surface area contributed by atoms with Crippen LogP contribution in [0.5, 0.6) is 0 Å². The molecular weight excluding hydrogens is 783 g/mol. The predicted octanol–water partition coefficient (Wildman–Crippen LogP) is 16.8. The van der Waals surface area contributed by atoms with Crippen molar-refractivity contribution in [2.75, 3.05) is 4.90 Å². The van der Waals surface area contributed by atoms with E-state index in [2.05, 4.69) is 255 Å². The Morgan fingerprint density at radius 1 is 0.262 bits per heavy atom. The van der Waals surface area contributed by atoms with Gasteiger partial charge in [-0.25, -0.2) is 0 Å².